The number of hydrogen-bond donors (Lipinski definition) is 0. The van der Waals surface area contributed by atoms with E-state index in [1.807, 2.05) is 0 Å². The Hall–Kier alpha value is -0.520. The van der Waals surface area contributed by atoms with Crippen molar-refractivity contribution in [2.45, 2.75) is 61.3 Å². The highest BCUT2D eigenvalue weighted by atomic mass is 14.1. The Morgan fingerprint density at radius 1 is 0.938 bits per heavy atom. The fourth-order valence-corrected chi connectivity index (χ4v) is 1.72. The zero-order chi connectivity index (χ0) is 12.7. The van der Waals surface area contributed by atoms with Gasteiger partial charge < -0.3 is 0 Å². The van der Waals surface area contributed by atoms with Gasteiger partial charge in [0.25, 0.3) is 0 Å². The van der Waals surface area contributed by atoms with E-state index in [0.29, 0.717) is 11.8 Å². The minimum atomic E-state index is 0.638. The molecule has 94 valence electrons. The van der Waals surface area contributed by atoms with E-state index in [2.05, 4.69) is 60.6 Å². The van der Waals surface area contributed by atoms with Crippen molar-refractivity contribution in [3.05, 3.63) is 23.3 Å². The average Bonchev–Trinajstić information content (AvgIpc) is 2.16. The Morgan fingerprint density at radius 2 is 1.50 bits per heavy atom. The molecule has 0 amide bonds. The highest BCUT2D eigenvalue weighted by molar-refractivity contribution is 5.26. The van der Waals surface area contributed by atoms with Gasteiger partial charge in [0.15, 0.2) is 0 Å². The van der Waals surface area contributed by atoms with Crippen LogP contribution in [0.3, 0.4) is 0 Å². The van der Waals surface area contributed by atoms with Crippen LogP contribution in [0.25, 0.3) is 0 Å². The molecule has 0 aliphatic carbocycles. The largest absolute Gasteiger partial charge is 0.0808 e. The molecular formula is C16H30. The minimum absolute atomic E-state index is 0.638. The lowest BCUT2D eigenvalue weighted by molar-refractivity contribution is 0.652. The fourth-order valence-electron chi connectivity index (χ4n) is 1.72. The van der Waals surface area contributed by atoms with Crippen LogP contribution in [0.2, 0.25) is 0 Å². The standard InChI is InChI=1S/C16H30/c1-8-15(13(4)5)11-16(14(6)7)10-9-12(2)3/h10-14H,8-9H2,1-7H3/b15-11+,16-10+. The molecule has 16 heavy (non-hydrogen) atoms. The highest BCUT2D eigenvalue weighted by Gasteiger charge is 2.05. The number of allylic oxidation sites excluding steroid dienone is 4. The van der Waals surface area contributed by atoms with Gasteiger partial charge in [-0.25, -0.2) is 0 Å². The fraction of sp³-hybridized carbons (Fsp3) is 0.750. The maximum atomic E-state index is 2.43. The predicted molar refractivity (Wildman–Crippen MR) is 75.6 cm³/mol. The van der Waals surface area contributed by atoms with Gasteiger partial charge in [0, 0.05) is 0 Å². The van der Waals surface area contributed by atoms with Crippen LogP contribution < -0.4 is 0 Å². The zero-order valence-electron chi connectivity index (χ0n) is 12.3. The number of hydrogen-bond acceptors (Lipinski definition) is 0. The molecule has 0 saturated heterocycles. The normalized spacial score (nSPS) is 14.4. The summed E-state index contributed by atoms with van der Waals surface area (Å²) < 4.78 is 0. The third kappa shape index (κ3) is 6.15. The van der Waals surface area contributed by atoms with Gasteiger partial charge in [-0.05, 0) is 36.2 Å². The molecule has 0 aliphatic heterocycles. The molecule has 0 aliphatic rings. The molecule has 0 unspecified atom stereocenters. The first kappa shape index (κ1) is 15.5. The molecule has 0 radical (unpaired) electrons. The van der Waals surface area contributed by atoms with Crippen molar-refractivity contribution in [1.82, 2.24) is 0 Å². The van der Waals surface area contributed by atoms with Crippen molar-refractivity contribution in [1.29, 1.82) is 0 Å². The van der Waals surface area contributed by atoms with E-state index in [1.165, 1.54) is 18.4 Å². The zero-order valence-corrected chi connectivity index (χ0v) is 12.3. The van der Waals surface area contributed by atoms with Crippen LogP contribution in [0.15, 0.2) is 23.3 Å². The van der Waals surface area contributed by atoms with Gasteiger partial charge in [-0.15, -0.1) is 0 Å². The molecule has 0 N–H and O–H groups in total. The van der Waals surface area contributed by atoms with E-state index < -0.39 is 0 Å². The molecule has 0 aromatic carbocycles. The molecular weight excluding hydrogens is 192 g/mol. The molecule has 0 saturated carbocycles. The Labute approximate surface area is 103 Å². The molecule has 0 atom stereocenters. The van der Waals surface area contributed by atoms with Crippen molar-refractivity contribution in [3.63, 3.8) is 0 Å². The first-order valence-electron chi connectivity index (χ1n) is 6.78. The summed E-state index contributed by atoms with van der Waals surface area (Å²) in [5.41, 5.74) is 3.09. The summed E-state index contributed by atoms with van der Waals surface area (Å²) in [7, 11) is 0. The van der Waals surface area contributed by atoms with E-state index in [1.54, 1.807) is 5.57 Å². The summed E-state index contributed by atoms with van der Waals surface area (Å²) >= 11 is 0. The molecule has 0 aromatic heterocycles. The second-order valence-electron chi connectivity index (χ2n) is 5.72. The summed E-state index contributed by atoms with van der Waals surface area (Å²) in [6, 6.07) is 0. The monoisotopic (exact) mass is 222 g/mol. The lowest BCUT2D eigenvalue weighted by Crippen LogP contribution is -1.98. The van der Waals surface area contributed by atoms with Crippen molar-refractivity contribution in [2.75, 3.05) is 0 Å². The SMILES string of the molecule is CC/C(=C\C(=C/CC(C)C)C(C)C)C(C)C. The van der Waals surface area contributed by atoms with Gasteiger partial charge in [0.1, 0.15) is 0 Å². The maximum Gasteiger partial charge on any atom is -0.0222 e. The first-order chi connectivity index (χ1) is 7.38. The molecule has 0 heteroatoms. The summed E-state index contributed by atoms with van der Waals surface area (Å²) in [5, 5.41) is 0. The van der Waals surface area contributed by atoms with Crippen LogP contribution >= 0.6 is 0 Å². The van der Waals surface area contributed by atoms with Crippen molar-refractivity contribution >= 4 is 0 Å². The van der Waals surface area contributed by atoms with Crippen LogP contribution in [-0.2, 0) is 0 Å². The van der Waals surface area contributed by atoms with Gasteiger partial charge in [-0.2, -0.15) is 0 Å². The number of rotatable bonds is 6. The Morgan fingerprint density at radius 3 is 1.81 bits per heavy atom. The predicted octanol–water partition coefficient (Wildman–Crippen LogP) is 5.61. The summed E-state index contributed by atoms with van der Waals surface area (Å²) in [6.45, 7) is 16.0. The lowest BCUT2D eigenvalue weighted by atomic mass is 9.92. The van der Waals surface area contributed by atoms with E-state index in [-0.39, 0.29) is 0 Å². The molecule has 0 bridgehead atoms. The topological polar surface area (TPSA) is 0 Å². The van der Waals surface area contributed by atoms with Crippen LogP contribution in [0, 0.1) is 17.8 Å². The van der Waals surface area contributed by atoms with Crippen LogP contribution in [0.4, 0.5) is 0 Å². The van der Waals surface area contributed by atoms with E-state index in [9.17, 15) is 0 Å². The summed E-state index contributed by atoms with van der Waals surface area (Å²) in [5.74, 6) is 2.07. The van der Waals surface area contributed by atoms with Crippen LogP contribution in [0.5, 0.6) is 0 Å². The smallest absolute Gasteiger partial charge is 0.0222 e. The Bertz CT molecular complexity index is 239. The Kier molecular flexibility index (Phi) is 7.45. The third-order valence-corrected chi connectivity index (χ3v) is 2.99. The van der Waals surface area contributed by atoms with E-state index in [4.69, 9.17) is 0 Å². The molecule has 0 spiro atoms. The average molecular weight is 222 g/mol. The Balaban J connectivity index is 4.85. The molecule has 0 heterocycles. The third-order valence-electron chi connectivity index (χ3n) is 2.99. The second-order valence-corrected chi connectivity index (χ2v) is 5.72. The molecule has 0 aromatic rings. The van der Waals surface area contributed by atoms with Gasteiger partial charge in [-0.1, -0.05) is 66.2 Å². The van der Waals surface area contributed by atoms with Gasteiger partial charge in [-0.3, -0.25) is 0 Å². The van der Waals surface area contributed by atoms with Crippen LogP contribution in [0.1, 0.15) is 61.3 Å². The van der Waals surface area contributed by atoms with Crippen molar-refractivity contribution < 1.29 is 0 Å². The van der Waals surface area contributed by atoms with Crippen molar-refractivity contribution in [3.8, 4) is 0 Å². The first-order valence-corrected chi connectivity index (χ1v) is 6.78. The van der Waals surface area contributed by atoms with Crippen molar-refractivity contribution in [2.24, 2.45) is 17.8 Å². The summed E-state index contributed by atoms with van der Waals surface area (Å²) in [6.07, 6.45) is 7.22. The van der Waals surface area contributed by atoms with Crippen LogP contribution in [-0.4, -0.2) is 0 Å². The molecule has 0 nitrogen and oxygen atoms in total. The highest BCUT2D eigenvalue weighted by Crippen LogP contribution is 2.21. The maximum absolute atomic E-state index is 2.43. The van der Waals surface area contributed by atoms with E-state index >= 15 is 0 Å². The van der Waals surface area contributed by atoms with Gasteiger partial charge in [0.05, 0.1) is 0 Å². The van der Waals surface area contributed by atoms with Gasteiger partial charge in [0.2, 0.25) is 0 Å². The molecule has 0 rings (SSSR count). The second kappa shape index (κ2) is 7.70. The minimum Gasteiger partial charge on any atom is -0.0808 e. The van der Waals surface area contributed by atoms with E-state index in [0.717, 1.165) is 5.92 Å². The quantitative estimate of drug-likeness (QED) is 0.513. The lowest BCUT2D eigenvalue weighted by Gasteiger charge is -2.14. The van der Waals surface area contributed by atoms with Gasteiger partial charge >= 0.3 is 0 Å². The summed E-state index contributed by atoms with van der Waals surface area (Å²) in [4.78, 5) is 0. The molecule has 0 fully saturated rings.